The maximum Gasteiger partial charge on any atom is 0.256 e. The molecular formula is C11H18N2O4S. The third-order valence-electron chi connectivity index (χ3n) is 2.57. The van der Waals surface area contributed by atoms with Gasteiger partial charge in [0.25, 0.3) is 5.91 Å². The van der Waals surface area contributed by atoms with Crippen LogP contribution in [0.5, 0.6) is 0 Å². The molecule has 1 aliphatic rings. The monoisotopic (exact) mass is 274 g/mol. The summed E-state index contributed by atoms with van der Waals surface area (Å²) >= 11 is 0. The first-order chi connectivity index (χ1) is 8.51. The van der Waals surface area contributed by atoms with Crippen LogP contribution in [-0.4, -0.2) is 32.0 Å². The van der Waals surface area contributed by atoms with Gasteiger partial charge in [-0.05, 0) is 25.7 Å². The Morgan fingerprint density at radius 1 is 1.39 bits per heavy atom. The van der Waals surface area contributed by atoms with Crippen LogP contribution < -0.4 is 10.0 Å². The Balaban J connectivity index is 2.58. The second-order valence-electron chi connectivity index (χ2n) is 4.16. The van der Waals surface area contributed by atoms with Gasteiger partial charge in [0.1, 0.15) is 6.04 Å². The molecule has 0 bridgehead atoms. The fraction of sp³-hybridized carbons (Fsp3) is 0.636. The largest absolute Gasteiger partial charge is 0.347 e. The third kappa shape index (κ3) is 4.48. The molecule has 1 atom stereocenters. The number of sulfonamides is 1. The maximum atomic E-state index is 11.7. The number of hydrogen-bond donors (Lipinski definition) is 2. The highest BCUT2D eigenvalue weighted by atomic mass is 32.2. The predicted molar refractivity (Wildman–Crippen MR) is 67.1 cm³/mol. The fourth-order valence-corrected chi connectivity index (χ4v) is 2.75. The van der Waals surface area contributed by atoms with Crippen molar-refractivity contribution in [2.75, 3.05) is 0 Å². The molecule has 6 nitrogen and oxygen atoms in total. The van der Waals surface area contributed by atoms with E-state index in [9.17, 15) is 18.0 Å². The van der Waals surface area contributed by atoms with Gasteiger partial charge in [-0.2, -0.15) is 0 Å². The van der Waals surface area contributed by atoms with Crippen LogP contribution in [-0.2, 0) is 19.6 Å². The Kier molecular flexibility index (Phi) is 5.33. The van der Waals surface area contributed by atoms with E-state index in [-0.39, 0.29) is 6.42 Å². The molecule has 7 heteroatoms. The summed E-state index contributed by atoms with van der Waals surface area (Å²) in [5.74, 6) is -0.685. The predicted octanol–water partition coefficient (Wildman–Crippen LogP) is 0.0657. The first-order valence-electron chi connectivity index (χ1n) is 5.91. The van der Waals surface area contributed by atoms with Crippen LogP contribution in [0.2, 0.25) is 0 Å². The summed E-state index contributed by atoms with van der Waals surface area (Å²) in [5.41, 5.74) is 0. The third-order valence-corrected chi connectivity index (χ3v) is 4.40. The summed E-state index contributed by atoms with van der Waals surface area (Å²) in [6, 6.07) is -0.848. The smallest absolute Gasteiger partial charge is 0.256 e. The topological polar surface area (TPSA) is 92.3 Å². The first-order valence-corrected chi connectivity index (χ1v) is 7.46. The van der Waals surface area contributed by atoms with Crippen molar-refractivity contribution in [3.63, 3.8) is 0 Å². The number of carbonyl (C=O) groups excluding carboxylic acids is 2. The number of hydrogen-bond acceptors (Lipinski definition) is 4. The Morgan fingerprint density at radius 2 is 2.06 bits per heavy atom. The van der Waals surface area contributed by atoms with Gasteiger partial charge in [-0.3, -0.25) is 14.3 Å². The van der Waals surface area contributed by atoms with Gasteiger partial charge in [0.05, 0.1) is 5.25 Å². The zero-order valence-corrected chi connectivity index (χ0v) is 11.1. The van der Waals surface area contributed by atoms with Crippen molar-refractivity contribution < 1.29 is 18.0 Å². The molecule has 0 saturated heterocycles. The van der Waals surface area contributed by atoms with E-state index in [1.165, 1.54) is 0 Å². The number of amides is 2. The lowest BCUT2D eigenvalue weighted by Gasteiger charge is -2.14. The summed E-state index contributed by atoms with van der Waals surface area (Å²) < 4.78 is 25.2. The second kappa shape index (κ2) is 6.53. The number of nitrogens with one attached hydrogen (secondary N) is 2. The van der Waals surface area contributed by atoms with Crippen molar-refractivity contribution in [2.24, 2.45) is 0 Å². The summed E-state index contributed by atoms with van der Waals surface area (Å²) in [7, 11) is -3.56. The van der Waals surface area contributed by atoms with E-state index in [0.29, 0.717) is 19.3 Å². The molecule has 0 aromatic carbocycles. The Labute approximate surface area is 107 Å². The molecule has 1 fully saturated rings. The van der Waals surface area contributed by atoms with Gasteiger partial charge in [-0.15, -0.1) is 0 Å². The number of carbonyl (C=O) groups is 2. The molecule has 1 saturated carbocycles. The van der Waals surface area contributed by atoms with Gasteiger partial charge < -0.3 is 5.32 Å². The first kappa shape index (κ1) is 14.7. The van der Waals surface area contributed by atoms with Crippen molar-refractivity contribution in [3.8, 4) is 0 Å². The van der Waals surface area contributed by atoms with Crippen molar-refractivity contribution in [1.29, 1.82) is 0 Å². The molecule has 18 heavy (non-hydrogen) atoms. The zero-order chi connectivity index (χ0) is 13.6. The van der Waals surface area contributed by atoms with Gasteiger partial charge >= 0.3 is 0 Å². The molecule has 2 N–H and O–H groups in total. The minimum atomic E-state index is -3.56. The van der Waals surface area contributed by atoms with Crippen molar-refractivity contribution in [1.82, 2.24) is 10.0 Å². The van der Waals surface area contributed by atoms with Crippen LogP contribution in [0.1, 0.15) is 32.6 Å². The average Bonchev–Trinajstić information content (AvgIpc) is 3.11. The lowest BCUT2D eigenvalue weighted by Crippen LogP contribution is -2.46. The molecule has 0 aromatic rings. The Hall–Kier alpha value is -1.37. The SMILES string of the molecule is CC/C=C/CC(NC=O)C(=O)NS(=O)(=O)C1CC1. The number of allylic oxidation sites excluding steroid dienone is 1. The quantitative estimate of drug-likeness (QED) is 0.484. The summed E-state index contributed by atoms with van der Waals surface area (Å²) in [6.45, 7) is 1.94. The lowest BCUT2D eigenvalue weighted by atomic mass is 10.2. The van der Waals surface area contributed by atoms with Crippen LogP contribution in [0.15, 0.2) is 12.2 Å². The Bertz CT molecular complexity index is 426. The minimum absolute atomic E-state index is 0.276. The van der Waals surface area contributed by atoms with Gasteiger partial charge in [0, 0.05) is 0 Å². The van der Waals surface area contributed by atoms with E-state index in [1.54, 1.807) is 6.08 Å². The van der Waals surface area contributed by atoms with E-state index in [1.807, 2.05) is 17.7 Å². The van der Waals surface area contributed by atoms with Crippen LogP contribution in [0.4, 0.5) is 0 Å². The molecule has 1 rings (SSSR count). The summed E-state index contributed by atoms with van der Waals surface area (Å²) in [6.07, 6.45) is 6.25. The second-order valence-corrected chi connectivity index (χ2v) is 6.12. The normalized spacial score (nSPS) is 17.4. The summed E-state index contributed by atoms with van der Waals surface area (Å²) in [5, 5.41) is 1.86. The molecule has 2 amide bonds. The molecule has 0 aromatic heterocycles. The molecule has 0 aliphatic heterocycles. The summed E-state index contributed by atoms with van der Waals surface area (Å²) in [4.78, 5) is 22.1. The molecule has 0 heterocycles. The minimum Gasteiger partial charge on any atom is -0.347 e. The van der Waals surface area contributed by atoms with Crippen LogP contribution in [0, 0.1) is 0 Å². The van der Waals surface area contributed by atoms with Crippen LogP contribution in [0.25, 0.3) is 0 Å². The van der Waals surface area contributed by atoms with Crippen molar-refractivity contribution >= 4 is 22.3 Å². The lowest BCUT2D eigenvalue weighted by molar-refractivity contribution is -0.123. The zero-order valence-electron chi connectivity index (χ0n) is 10.3. The van der Waals surface area contributed by atoms with Gasteiger partial charge in [-0.25, -0.2) is 8.42 Å². The highest BCUT2D eigenvalue weighted by Crippen LogP contribution is 2.27. The van der Waals surface area contributed by atoms with Crippen molar-refractivity contribution in [3.05, 3.63) is 12.2 Å². The van der Waals surface area contributed by atoms with Gasteiger partial charge in [-0.1, -0.05) is 19.1 Å². The van der Waals surface area contributed by atoms with E-state index >= 15 is 0 Å². The molecule has 0 spiro atoms. The van der Waals surface area contributed by atoms with E-state index in [0.717, 1.165) is 6.42 Å². The molecule has 1 unspecified atom stereocenters. The molecule has 0 radical (unpaired) electrons. The van der Waals surface area contributed by atoms with Gasteiger partial charge in [0.2, 0.25) is 16.4 Å². The van der Waals surface area contributed by atoms with E-state index in [4.69, 9.17) is 0 Å². The van der Waals surface area contributed by atoms with E-state index < -0.39 is 27.2 Å². The molecular weight excluding hydrogens is 256 g/mol. The van der Waals surface area contributed by atoms with Crippen LogP contribution in [0.3, 0.4) is 0 Å². The molecule has 1 aliphatic carbocycles. The Morgan fingerprint density at radius 3 is 2.56 bits per heavy atom. The van der Waals surface area contributed by atoms with Gasteiger partial charge in [0.15, 0.2) is 0 Å². The standard InChI is InChI=1S/C11H18N2O4S/c1-2-3-4-5-10(12-8-14)11(15)13-18(16,17)9-6-7-9/h3-4,8-10H,2,5-7H2,1H3,(H,12,14)(H,13,15)/b4-3+. The number of rotatable bonds is 8. The molecule has 102 valence electrons. The highest BCUT2D eigenvalue weighted by molar-refractivity contribution is 7.90. The van der Waals surface area contributed by atoms with E-state index in [2.05, 4.69) is 5.32 Å². The van der Waals surface area contributed by atoms with Crippen LogP contribution >= 0.6 is 0 Å². The fourth-order valence-electron chi connectivity index (χ4n) is 1.40. The maximum absolute atomic E-state index is 11.7. The van der Waals surface area contributed by atoms with Crippen molar-refractivity contribution in [2.45, 2.75) is 43.9 Å². The average molecular weight is 274 g/mol. The highest BCUT2D eigenvalue weighted by Gasteiger charge is 2.37.